The van der Waals surface area contributed by atoms with E-state index in [0.717, 1.165) is 10.1 Å². The average Bonchev–Trinajstić information content (AvgIpc) is 2.14. The van der Waals surface area contributed by atoms with Crippen molar-refractivity contribution in [2.45, 2.75) is 0 Å². The van der Waals surface area contributed by atoms with Crippen molar-refractivity contribution in [2.75, 3.05) is 7.11 Å². The Morgan fingerprint density at radius 3 is 2.75 bits per heavy atom. The van der Waals surface area contributed by atoms with E-state index in [0.29, 0.717) is 0 Å². The van der Waals surface area contributed by atoms with E-state index in [1.165, 1.54) is 11.3 Å². The maximum Gasteiger partial charge on any atom is 0.131 e. The van der Waals surface area contributed by atoms with Gasteiger partial charge in [0.2, 0.25) is 0 Å². The van der Waals surface area contributed by atoms with Gasteiger partial charge in [-0.15, -0.1) is 11.3 Å². The van der Waals surface area contributed by atoms with Crippen LogP contribution in [0.15, 0.2) is 11.4 Å². The Kier molecular flexibility index (Phi) is 1.76. The smallest absolute Gasteiger partial charge is 0.131 e. The van der Waals surface area contributed by atoms with Gasteiger partial charge in [0.05, 0.1) is 11.4 Å². The van der Waals surface area contributed by atoms with Crippen molar-refractivity contribution in [2.24, 2.45) is 0 Å². The van der Waals surface area contributed by atoms with Crippen LogP contribution in [0, 0.1) is 0 Å². The largest absolute Gasteiger partial charge is 0.496 e. The van der Waals surface area contributed by atoms with Crippen LogP contribution in [0.1, 0.15) is 0 Å². The maximum absolute atomic E-state index is 5.58. The highest BCUT2D eigenvalue weighted by atomic mass is 35.5. The first kappa shape index (κ1) is 5.92. The van der Waals surface area contributed by atoms with Crippen LogP contribution < -0.4 is 4.74 Å². The van der Waals surface area contributed by atoms with Crippen LogP contribution >= 0.6 is 22.9 Å². The van der Waals surface area contributed by atoms with Crippen LogP contribution in [0.25, 0.3) is 0 Å². The third-order valence-electron chi connectivity index (χ3n) is 0.779. The summed E-state index contributed by atoms with van der Waals surface area (Å²) in [7, 11) is 1.62. The zero-order valence-corrected chi connectivity index (χ0v) is 5.92. The molecule has 0 spiro atoms. The summed E-state index contributed by atoms with van der Waals surface area (Å²) in [4.78, 5) is 0. The van der Waals surface area contributed by atoms with Crippen LogP contribution in [0.4, 0.5) is 0 Å². The number of hydrogen-bond donors (Lipinski definition) is 0. The van der Waals surface area contributed by atoms with Crippen molar-refractivity contribution >= 4 is 22.9 Å². The molecule has 0 aliphatic rings. The molecule has 0 atom stereocenters. The fourth-order valence-corrected chi connectivity index (χ4v) is 1.22. The van der Waals surface area contributed by atoms with Crippen molar-refractivity contribution < 1.29 is 4.74 Å². The summed E-state index contributed by atoms with van der Waals surface area (Å²) < 4.78 is 5.63. The number of methoxy groups -OCH3 is 1. The molecule has 0 aromatic carbocycles. The normalized spacial score (nSPS) is 9.25. The third kappa shape index (κ3) is 1.14. The molecule has 0 saturated heterocycles. The zero-order valence-electron chi connectivity index (χ0n) is 4.35. The lowest BCUT2D eigenvalue weighted by molar-refractivity contribution is 0.417. The molecule has 1 aromatic rings. The Morgan fingerprint density at radius 2 is 2.50 bits per heavy atom. The predicted molar refractivity (Wildman–Crippen MR) is 35.9 cm³/mol. The van der Waals surface area contributed by atoms with Gasteiger partial charge in [-0.1, -0.05) is 11.6 Å². The molecule has 0 bridgehead atoms. The molecule has 0 aliphatic carbocycles. The molecule has 0 unspecified atom stereocenters. The van der Waals surface area contributed by atoms with Crippen LogP contribution in [0.2, 0.25) is 4.34 Å². The van der Waals surface area contributed by atoms with Crippen LogP contribution in [0.5, 0.6) is 5.75 Å². The summed E-state index contributed by atoms with van der Waals surface area (Å²) in [6.07, 6.45) is 0. The van der Waals surface area contributed by atoms with Gasteiger partial charge in [0.1, 0.15) is 5.75 Å². The van der Waals surface area contributed by atoms with E-state index in [1.54, 1.807) is 13.2 Å². The van der Waals surface area contributed by atoms with E-state index in [2.05, 4.69) is 0 Å². The highest BCUT2D eigenvalue weighted by Crippen LogP contribution is 2.24. The quantitative estimate of drug-likeness (QED) is 0.595. The van der Waals surface area contributed by atoms with Crippen molar-refractivity contribution in [1.29, 1.82) is 0 Å². The summed E-state index contributed by atoms with van der Waals surface area (Å²) in [6.45, 7) is 0. The van der Waals surface area contributed by atoms with Crippen molar-refractivity contribution in [3.63, 3.8) is 0 Å². The van der Waals surface area contributed by atoms with Gasteiger partial charge in [-0.3, -0.25) is 0 Å². The number of rotatable bonds is 1. The molecule has 8 heavy (non-hydrogen) atoms. The molecule has 1 aromatic heterocycles. The molecule has 1 heterocycles. The number of halogens is 1. The first-order valence-corrected chi connectivity index (χ1v) is 3.36. The van der Waals surface area contributed by atoms with Gasteiger partial charge in [0.15, 0.2) is 0 Å². The Bertz CT molecular complexity index is 173. The first-order chi connectivity index (χ1) is 3.83. The van der Waals surface area contributed by atoms with Gasteiger partial charge in [0, 0.05) is 11.4 Å². The van der Waals surface area contributed by atoms with E-state index < -0.39 is 0 Å². The van der Waals surface area contributed by atoms with Gasteiger partial charge >= 0.3 is 0 Å². The molecule has 0 amide bonds. The first-order valence-electron chi connectivity index (χ1n) is 2.11. The van der Waals surface area contributed by atoms with Gasteiger partial charge < -0.3 is 4.74 Å². The summed E-state index contributed by atoms with van der Waals surface area (Å²) in [5.74, 6) is 0.833. The SMILES string of the molecule is COc1csc(Cl)c1. The average molecular weight is 149 g/mol. The molecule has 1 nitrogen and oxygen atoms in total. The van der Waals surface area contributed by atoms with Crippen LogP contribution in [-0.4, -0.2) is 7.11 Å². The fraction of sp³-hybridized carbons (Fsp3) is 0.200. The fourth-order valence-electron chi connectivity index (χ4n) is 0.401. The molecule has 0 fully saturated rings. The van der Waals surface area contributed by atoms with Crippen molar-refractivity contribution in [1.82, 2.24) is 0 Å². The molecule has 0 saturated carbocycles. The van der Waals surface area contributed by atoms with E-state index in [1.807, 2.05) is 5.38 Å². The lowest BCUT2D eigenvalue weighted by Crippen LogP contribution is -1.74. The lowest BCUT2D eigenvalue weighted by Gasteiger charge is -1.87. The molecule has 0 aliphatic heterocycles. The van der Waals surface area contributed by atoms with E-state index in [4.69, 9.17) is 16.3 Å². The second-order valence-electron chi connectivity index (χ2n) is 1.29. The number of hydrogen-bond acceptors (Lipinski definition) is 2. The van der Waals surface area contributed by atoms with Gasteiger partial charge in [-0.25, -0.2) is 0 Å². The Balaban J connectivity index is 2.84. The van der Waals surface area contributed by atoms with E-state index in [-0.39, 0.29) is 0 Å². The van der Waals surface area contributed by atoms with Crippen LogP contribution in [-0.2, 0) is 0 Å². The summed E-state index contributed by atoms with van der Waals surface area (Å²) in [5, 5.41) is 1.86. The molecular formula is C5H5ClOS. The Hall–Kier alpha value is -0.210. The van der Waals surface area contributed by atoms with Gasteiger partial charge in [-0.05, 0) is 0 Å². The van der Waals surface area contributed by atoms with E-state index in [9.17, 15) is 0 Å². The standard InChI is InChI=1S/C5H5ClOS/c1-7-4-2-5(6)8-3-4/h2-3H,1H3. The Morgan fingerprint density at radius 1 is 1.75 bits per heavy atom. The molecule has 3 heteroatoms. The van der Waals surface area contributed by atoms with E-state index >= 15 is 0 Å². The summed E-state index contributed by atoms with van der Waals surface area (Å²) >= 11 is 7.05. The highest BCUT2D eigenvalue weighted by Gasteiger charge is 1.92. The highest BCUT2D eigenvalue weighted by molar-refractivity contribution is 7.14. The zero-order chi connectivity index (χ0) is 5.98. The second kappa shape index (κ2) is 2.37. The van der Waals surface area contributed by atoms with Crippen LogP contribution in [0.3, 0.4) is 0 Å². The maximum atomic E-state index is 5.58. The topological polar surface area (TPSA) is 9.23 Å². The predicted octanol–water partition coefficient (Wildman–Crippen LogP) is 2.41. The molecule has 0 radical (unpaired) electrons. The minimum absolute atomic E-state index is 0.766. The second-order valence-corrected chi connectivity index (χ2v) is 2.83. The minimum Gasteiger partial charge on any atom is -0.496 e. The van der Waals surface area contributed by atoms with Crippen molar-refractivity contribution in [3.8, 4) is 5.75 Å². The molecule has 1 rings (SSSR count). The Labute approximate surface area is 56.9 Å². The molecule has 44 valence electrons. The lowest BCUT2D eigenvalue weighted by atomic mass is 10.6. The third-order valence-corrected chi connectivity index (χ3v) is 1.85. The summed E-state index contributed by atoms with van der Waals surface area (Å²) in [5.41, 5.74) is 0. The summed E-state index contributed by atoms with van der Waals surface area (Å²) in [6, 6.07) is 1.78. The number of ether oxygens (including phenoxy) is 1. The molecular weight excluding hydrogens is 144 g/mol. The van der Waals surface area contributed by atoms with Crippen molar-refractivity contribution in [3.05, 3.63) is 15.8 Å². The van der Waals surface area contributed by atoms with Gasteiger partial charge in [-0.2, -0.15) is 0 Å². The monoisotopic (exact) mass is 148 g/mol. The minimum atomic E-state index is 0.766. The molecule has 0 N–H and O–H groups in total. The number of thiophene rings is 1. The van der Waals surface area contributed by atoms with Gasteiger partial charge in [0.25, 0.3) is 0 Å².